The van der Waals surface area contributed by atoms with E-state index in [4.69, 9.17) is 33.0 Å². The zero-order chi connectivity index (χ0) is 16.9. The minimum absolute atomic E-state index is 0.172. The lowest BCUT2D eigenvalue weighted by molar-refractivity contribution is -0.236. The Morgan fingerprint density at radius 3 is 2.45 bits per heavy atom. The molecule has 1 aromatic rings. The van der Waals surface area contributed by atoms with Gasteiger partial charge in [-0.2, -0.15) is 13.2 Å². The normalized spacial score (nSPS) is 20.9. The number of halogens is 5. The number of aromatic hydroxyl groups is 1. The summed E-state index contributed by atoms with van der Waals surface area (Å²) in [6, 6.07) is 0.962. The van der Waals surface area contributed by atoms with Gasteiger partial charge in [-0.1, -0.05) is 30.1 Å². The van der Waals surface area contributed by atoms with Crippen molar-refractivity contribution in [2.45, 2.75) is 25.1 Å². The molecule has 0 amide bonds. The Bertz CT molecular complexity index is 685. The molecule has 0 aromatic heterocycles. The minimum Gasteiger partial charge on any atom is -0.505 e. The van der Waals surface area contributed by atoms with Gasteiger partial charge in [0.25, 0.3) is 0 Å². The first-order valence-corrected chi connectivity index (χ1v) is 6.73. The van der Waals surface area contributed by atoms with Gasteiger partial charge in [-0.05, 0) is 12.5 Å². The van der Waals surface area contributed by atoms with Crippen molar-refractivity contribution in [2.75, 3.05) is 0 Å². The van der Waals surface area contributed by atoms with Crippen LogP contribution in [0.15, 0.2) is 11.6 Å². The predicted octanol–water partition coefficient (Wildman–Crippen LogP) is 4.27. The summed E-state index contributed by atoms with van der Waals surface area (Å²) < 4.78 is 45.3. The fourth-order valence-electron chi connectivity index (χ4n) is 2.23. The first-order valence-electron chi connectivity index (χ1n) is 5.97. The third-order valence-electron chi connectivity index (χ3n) is 3.39. The number of alkyl halides is 3. The van der Waals surface area contributed by atoms with Crippen LogP contribution in [0.2, 0.25) is 10.0 Å². The van der Waals surface area contributed by atoms with E-state index in [2.05, 4.69) is 0 Å². The maximum atomic E-state index is 13.4. The lowest BCUT2D eigenvalue weighted by Crippen LogP contribution is -2.54. The van der Waals surface area contributed by atoms with Crippen molar-refractivity contribution < 1.29 is 32.9 Å². The zero-order valence-corrected chi connectivity index (χ0v) is 12.5. The van der Waals surface area contributed by atoms with E-state index in [0.717, 1.165) is 19.1 Å². The number of hydrogen-bond donors (Lipinski definition) is 2. The molecule has 0 saturated carbocycles. The number of carbonyl (C=O) groups is 1. The lowest BCUT2D eigenvalue weighted by atomic mass is 9.85. The van der Waals surface area contributed by atoms with Gasteiger partial charge in [0.1, 0.15) is 5.75 Å². The van der Waals surface area contributed by atoms with E-state index in [1.807, 2.05) is 0 Å². The summed E-state index contributed by atoms with van der Waals surface area (Å²) in [6.07, 6.45) is -4.89. The Balaban J connectivity index is 2.80. The number of hydrogen-bond acceptors (Lipinski definition) is 3. The molecule has 1 heterocycles. The van der Waals surface area contributed by atoms with E-state index in [9.17, 15) is 23.1 Å². The molecule has 9 heteroatoms. The van der Waals surface area contributed by atoms with Crippen molar-refractivity contribution in [3.63, 3.8) is 0 Å². The van der Waals surface area contributed by atoms with Gasteiger partial charge in [-0.15, -0.1) is 0 Å². The van der Waals surface area contributed by atoms with Gasteiger partial charge in [0.2, 0.25) is 5.60 Å². The van der Waals surface area contributed by atoms with Gasteiger partial charge in [0, 0.05) is 11.6 Å². The van der Waals surface area contributed by atoms with E-state index in [1.54, 1.807) is 0 Å². The van der Waals surface area contributed by atoms with Gasteiger partial charge in [0.15, 0.2) is 5.75 Å². The topological polar surface area (TPSA) is 66.8 Å². The number of rotatable bonds is 2. The molecule has 0 spiro atoms. The quantitative estimate of drug-likeness (QED) is 0.830. The summed E-state index contributed by atoms with van der Waals surface area (Å²) in [6.45, 7) is 1.15. The van der Waals surface area contributed by atoms with Crippen LogP contribution >= 0.6 is 23.2 Å². The van der Waals surface area contributed by atoms with E-state index in [0.29, 0.717) is 0 Å². The summed E-state index contributed by atoms with van der Waals surface area (Å²) in [7, 11) is 0. The van der Waals surface area contributed by atoms with E-state index < -0.39 is 35.5 Å². The molecule has 1 atom stereocenters. The monoisotopic (exact) mass is 356 g/mol. The smallest absolute Gasteiger partial charge is 0.432 e. The highest BCUT2D eigenvalue weighted by atomic mass is 35.5. The van der Waals surface area contributed by atoms with Gasteiger partial charge in [-0.25, -0.2) is 4.79 Å². The van der Waals surface area contributed by atoms with Crippen LogP contribution in [-0.4, -0.2) is 28.0 Å². The number of benzene rings is 1. The fraction of sp³-hybridized carbons (Fsp3) is 0.308. The van der Waals surface area contributed by atoms with Crippen molar-refractivity contribution in [1.82, 2.24) is 0 Å². The zero-order valence-electron chi connectivity index (χ0n) is 11.0. The second-order valence-corrected chi connectivity index (χ2v) is 5.36. The number of fused-ring (bicyclic) bond motifs is 1. The Labute approximate surface area is 132 Å². The molecule has 1 unspecified atom stereocenters. The summed E-state index contributed by atoms with van der Waals surface area (Å²) in [5.41, 5.74) is -4.21. The molecule has 1 aliphatic rings. The Kier molecular flexibility index (Phi) is 3.99. The molecule has 2 N–H and O–H groups in total. The van der Waals surface area contributed by atoms with E-state index in [1.165, 1.54) is 0 Å². The largest absolute Gasteiger partial charge is 0.505 e. The first-order chi connectivity index (χ1) is 10.0. The highest BCUT2D eigenvalue weighted by Gasteiger charge is 2.62. The molecule has 0 aliphatic carbocycles. The average Bonchev–Trinajstić information content (AvgIpc) is 2.42. The van der Waals surface area contributed by atoms with Gasteiger partial charge >= 0.3 is 12.1 Å². The Morgan fingerprint density at radius 1 is 1.41 bits per heavy atom. The standard InChI is InChI=1S/C13H9Cl2F3O4/c1-2-12(13(16,17)18)6(11(20)21)3-5-8(22-12)4-7(14)10(19)9(5)15/h3-4,19H,2H2,1H3,(H,20,21). The molecule has 0 saturated heterocycles. The van der Waals surface area contributed by atoms with Crippen LogP contribution in [0.25, 0.3) is 6.08 Å². The van der Waals surface area contributed by atoms with Crippen molar-refractivity contribution in [3.8, 4) is 11.5 Å². The molecule has 2 rings (SSSR count). The number of carboxylic acid groups (broad SMARTS) is 1. The van der Waals surface area contributed by atoms with Crippen LogP contribution in [0.4, 0.5) is 13.2 Å². The summed E-state index contributed by atoms with van der Waals surface area (Å²) in [5, 5.41) is 18.1. The van der Waals surface area contributed by atoms with Gasteiger partial charge < -0.3 is 14.9 Å². The van der Waals surface area contributed by atoms with Crippen LogP contribution in [0, 0.1) is 0 Å². The Hall–Kier alpha value is -1.60. The van der Waals surface area contributed by atoms with Crippen molar-refractivity contribution in [1.29, 1.82) is 0 Å². The minimum atomic E-state index is -4.97. The molecule has 4 nitrogen and oxygen atoms in total. The molecule has 22 heavy (non-hydrogen) atoms. The fourth-order valence-corrected chi connectivity index (χ4v) is 2.72. The second-order valence-electron chi connectivity index (χ2n) is 4.58. The third-order valence-corrected chi connectivity index (χ3v) is 4.06. The average molecular weight is 357 g/mol. The molecular weight excluding hydrogens is 348 g/mol. The van der Waals surface area contributed by atoms with Crippen LogP contribution in [0.3, 0.4) is 0 Å². The molecular formula is C13H9Cl2F3O4. The van der Waals surface area contributed by atoms with Crippen LogP contribution in [0.1, 0.15) is 18.9 Å². The molecule has 0 radical (unpaired) electrons. The summed E-state index contributed by atoms with van der Waals surface area (Å²) >= 11 is 11.5. The highest BCUT2D eigenvalue weighted by Crippen LogP contribution is 2.51. The number of phenolic OH excluding ortho intramolecular Hbond substituents is 1. The van der Waals surface area contributed by atoms with Gasteiger partial charge in [0.05, 0.1) is 15.6 Å². The van der Waals surface area contributed by atoms with E-state index in [-0.39, 0.29) is 21.4 Å². The first kappa shape index (κ1) is 16.8. The molecule has 0 fully saturated rings. The second kappa shape index (κ2) is 5.24. The van der Waals surface area contributed by atoms with Crippen molar-refractivity contribution in [3.05, 3.63) is 27.2 Å². The number of phenols is 1. The van der Waals surface area contributed by atoms with Crippen LogP contribution < -0.4 is 4.74 Å². The summed E-state index contributed by atoms with van der Waals surface area (Å²) in [4.78, 5) is 11.3. The number of aliphatic carboxylic acids is 1. The van der Waals surface area contributed by atoms with Crippen LogP contribution in [-0.2, 0) is 4.79 Å². The SMILES string of the molecule is CCC1(C(F)(F)F)Oc2cc(Cl)c(O)c(Cl)c2C=C1C(=O)O. The molecule has 1 aromatic carbocycles. The Morgan fingerprint density at radius 2 is 2.00 bits per heavy atom. The van der Waals surface area contributed by atoms with E-state index >= 15 is 0 Å². The summed E-state index contributed by atoms with van der Waals surface area (Å²) in [5.74, 6) is -2.71. The number of ether oxygens (including phenoxy) is 1. The predicted molar refractivity (Wildman–Crippen MR) is 73.4 cm³/mol. The van der Waals surface area contributed by atoms with Crippen LogP contribution in [0.5, 0.6) is 11.5 Å². The highest BCUT2D eigenvalue weighted by molar-refractivity contribution is 6.38. The van der Waals surface area contributed by atoms with Crippen molar-refractivity contribution in [2.24, 2.45) is 0 Å². The lowest BCUT2D eigenvalue weighted by Gasteiger charge is -2.39. The molecule has 120 valence electrons. The molecule has 1 aliphatic heterocycles. The number of carboxylic acids is 1. The third kappa shape index (κ3) is 2.28. The van der Waals surface area contributed by atoms with Gasteiger partial charge in [-0.3, -0.25) is 0 Å². The molecule has 0 bridgehead atoms. The van der Waals surface area contributed by atoms with Crippen molar-refractivity contribution >= 4 is 35.2 Å². The maximum absolute atomic E-state index is 13.4. The maximum Gasteiger partial charge on any atom is 0.432 e.